The second kappa shape index (κ2) is 10.2. The monoisotopic (exact) mass is 402 g/mol. The number of hydrogen-bond donors (Lipinski definition) is 4. The van der Waals surface area contributed by atoms with Gasteiger partial charge in [0.1, 0.15) is 0 Å². The number of carbonyl (C=O) groups excluding carboxylic acids is 2. The maximum Gasteiger partial charge on any atom is 0.323 e. The number of carbonyl (C=O) groups is 2. The van der Waals surface area contributed by atoms with Gasteiger partial charge in [0.05, 0.1) is 0 Å². The summed E-state index contributed by atoms with van der Waals surface area (Å²) in [7, 11) is 0. The van der Waals surface area contributed by atoms with E-state index in [0.717, 1.165) is 40.3 Å². The molecule has 0 aromatic heterocycles. The van der Waals surface area contributed by atoms with E-state index >= 15 is 0 Å². The summed E-state index contributed by atoms with van der Waals surface area (Å²) >= 11 is 0. The van der Waals surface area contributed by atoms with Gasteiger partial charge in [-0.3, -0.25) is 4.79 Å². The van der Waals surface area contributed by atoms with Crippen LogP contribution in [0.2, 0.25) is 0 Å². The Balaban J connectivity index is 1.43. The molecule has 0 heterocycles. The zero-order valence-corrected chi connectivity index (χ0v) is 17.2. The molecule has 0 unspecified atom stereocenters. The molecule has 3 amide bonds. The first kappa shape index (κ1) is 21.1. The average Bonchev–Trinajstić information content (AvgIpc) is 2.72. The molecule has 6 heteroatoms. The van der Waals surface area contributed by atoms with Crippen molar-refractivity contribution in [1.82, 2.24) is 5.32 Å². The van der Waals surface area contributed by atoms with Crippen LogP contribution in [0.25, 0.3) is 0 Å². The Bertz CT molecular complexity index is 981. The van der Waals surface area contributed by atoms with Gasteiger partial charge < -0.3 is 21.3 Å². The Morgan fingerprint density at radius 2 is 1.03 bits per heavy atom. The summed E-state index contributed by atoms with van der Waals surface area (Å²) in [5.41, 5.74) is 5.68. The molecule has 6 nitrogen and oxygen atoms in total. The molecule has 0 saturated carbocycles. The maximum absolute atomic E-state index is 12.1. The molecule has 0 aliphatic heterocycles. The highest BCUT2D eigenvalue weighted by Crippen LogP contribution is 2.13. The van der Waals surface area contributed by atoms with E-state index in [2.05, 4.69) is 21.3 Å². The van der Waals surface area contributed by atoms with Gasteiger partial charge in [-0.05, 0) is 54.4 Å². The lowest BCUT2D eigenvalue weighted by molar-refractivity contribution is -0.114. The van der Waals surface area contributed by atoms with Crippen LogP contribution in [0.4, 0.5) is 21.9 Å². The van der Waals surface area contributed by atoms with Crippen molar-refractivity contribution in [2.75, 3.05) is 16.0 Å². The van der Waals surface area contributed by atoms with E-state index in [9.17, 15) is 9.59 Å². The predicted molar refractivity (Wildman–Crippen MR) is 122 cm³/mol. The SMILES string of the molecule is CC(=O)Nc1ccc(CNCc2ccc(NC(=O)Nc3ccc(C)cc3)cc2)cc1. The predicted octanol–water partition coefficient (Wildman–Crippen LogP) is 4.89. The third-order valence-corrected chi connectivity index (χ3v) is 4.45. The van der Waals surface area contributed by atoms with Crippen LogP contribution in [0.1, 0.15) is 23.6 Å². The quantitative estimate of drug-likeness (QED) is 0.454. The Morgan fingerprint density at radius 3 is 1.47 bits per heavy atom. The first-order chi connectivity index (χ1) is 14.5. The number of benzene rings is 3. The van der Waals surface area contributed by atoms with E-state index in [1.165, 1.54) is 6.92 Å². The van der Waals surface area contributed by atoms with Gasteiger partial charge in [-0.1, -0.05) is 42.0 Å². The molecule has 0 saturated heterocycles. The van der Waals surface area contributed by atoms with Crippen LogP contribution in [0, 0.1) is 6.92 Å². The van der Waals surface area contributed by atoms with Crippen molar-refractivity contribution in [3.8, 4) is 0 Å². The fourth-order valence-corrected chi connectivity index (χ4v) is 2.90. The lowest BCUT2D eigenvalue weighted by atomic mass is 10.1. The maximum atomic E-state index is 12.1. The van der Waals surface area contributed by atoms with E-state index in [1.807, 2.05) is 79.7 Å². The van der Waals surface area contributed by atoms with Crippen LogP contribution in [0.5, 0.6) is 0 Å². The minimum atomic E-state index is -0.271. The van der Waals surface area contributed by atoms with Gasteiger partial charge >= 0.3 is 6.03 Å². The van der Waals surface area contributed by atoms with Crippen molar-refractivity contribution >= 4 is 29.0 Å². The summed E-state index contributed by atoms with van der Waals surface area (Å²) in [6.07, 6.45) is 0. The molecule has 0 aliphatic carbocycles. The molecule has 0 fully saturated rings. The first-order valence-corrected chi connectivity index (χ1v) is 9.79. The lowest BCUT2D eigenvalue weighted by Crippen LogP contribution is -2.19. The van der Waals surface area contributed by atoms with Crippen LogP contribution in [0.3, 0.4) is 0 Å². The number of amides is 3. The normalized spacial score (nSPS) is 10.3. The molecule has 0 radical (unpaired) electrons. The fraction of sp³-hybridized carbons (Fsp3) is 0.167. The molecule has 3 aromatic rings. The molecule has 0 bridgehead atoms. The summed E-state index contributed by atoms with van der Waals surface area (Å²) in [5, 5.41) is 11.8. The molecule has 0 aliphatic rings. The Morgan fingerprint density at radius 1 is 0.633 bits per heavy atom. The largest absolute Gasteiger partial charge is 0.326 e. The van der Waals surface area contributed by atoms with E-state index < -0.39 is 0 Å². The number of aryl methyl sites for hydroxylation is 1. The fourth-order valence-electron chi connectivity index (χ4n) is 2.90. The third kappa shape index (κ3) is 6.76. The van der Waals surface area contributed by atoms with Crippen molar-refractivity contribution in [3.05, 3.63) is 89.5 Å². The average molecular weight is 402 g/mol. The van der Waals surface area contributed by atoms with Crippen molar-refractivity contribution < 1.29 is 9.59 Å². The molecular weight excluding hydrogens is 376 g/mol. The highest BCUT2D eigenvalue weighted by molar-refractivity contribution is 5.99. The van der Waals surface area contributed by atoms with Crippen LogP contribution >= 0.6 is 0 Å². The van der Waals surface area contributed by atoms with E-state index in [1.54, 1.807) is 0 Å². The second-order valence-corrected chi connectivity index (χ2v) is 7.12. The van der Waals surface area contributed by atoms with Crippen LogP contribution in [0.15, 0.2) is 72.8 Å². The van der Waals surface area contributed by atoms with Gasteiger partial charge in [0.2, 0.25) is 5.91 Å². The summed E-state index contributed by atoms with van der Waals surface area (Å²) in [6, 6.07) is 22.9. The number of anilines is 3. The first-order valence-electron chi connectivity index (χ1n) is 9.79. The highest BCUT2D eigenvalue weighted by atomic mass is 16.2. The van der Waals surface area contributed by atoms with Crippen molar-refractivity contribution in [2.24, 2.45) is 0 Å². The van der Waals surface area contributed by atoms with Gasteiger partial charge in [0, 0.05) is 37.1 Å². The summed E-state index contributed by atoms with van der Waals surface area (Å²) in [4.78, 5) is 23.2. The standard InChI is InChI=1S/C24H26N4O2/c1-17-3-9-22(10-4-17)27-24(30)28-23-13-7-20(8-14-23)16-25-15-19-5-11-21(12-6-19)26-18(2)29/h3-14,25H,15-16H2,1-2H3,(H,26,29)(H2,27,28,30). The van der Waals surface area contributed by atoms with Crippen molar-refractivity contribution in [3.63, 3.8) is 0 Å². The van der Waals surface area contributed by atoms with Crippen LogP contribution in [-0.4, -0.2) is 11.9 Å². The summed E-state index contributed by atoms with van der Waals surface area (Å²) < 4.78 is 0. The van der Waals surface area contributed by atoms with Crippen LogP contribution < -0.4 is 21.3 Å². The second-order valence-electron chi connectivity index (χ2n) is 7.12. The Kier molecular flexibility index (Phi) is 7.19. The van der Waals surface area contributed by atoms with Crippen LogP contribution in [-0.2, 0) is 17.9 Å². The highest BCUT2D eigenvalue weighted by Gasteiger charge is 2.03. The third-order valence-electron chi connectivity index (χ3n) is 4.45. The van der Waals surface area contributed by atoms with Gasteiger partial charge in [0.15, 0.2) is 0 Å². The summed E-state index contributed by atoms with van der Waals surface area (Å²) in [6.45, 7) is 4.93. The molecule has 4 N–H and O–H groups in total. The molecule has 3 aromatic carbocycles. The van der Waals surface area contributed by atoms with E-state index in [-0.39, 0.29) is 11.9 Å². The number of hydrogen-bond acceptors (Lipinski definition) is 3. The number of rotatable bonds is 7. The summed E-state index contributed by atoms with van der Waals surface area (Å²) in [5.74, 6) is -0.0774. The zero-order valence-electron chi connectivity index (χ0n) is 17.2. The molecule has 3 rings (SSSR count). The van der Waals surface area contributed by atoms with Gasteiger partial charge in [-0.15, -0.1) is 0 Å². The van der Waals surface area contributed by atoms with Crippen molar-refractivity contribution in [2.45, 2.75) is 26.9 Å². The lowest BCUT2D eigenvalue weighted by Gasteiger charge is -2.10. The molecule has 0 spiro atoms. The Labute approximate surface area is 176 Å². The zero-order chi connectivity index (χ0) is 21.3. The molecular formula is C24H26N4O2. The van der Waals surface area contributed by atoms with E-state index in [0.29, 0.717) is 6.54 Å². The van der Waals surface area contributed by atoms with E-state index in [4.69, 9.17) is 0 Å². The van der Waals surface area contributed by atoms with Gasteiger partial charge in [0.25, 0.3) is 0 Å². The molecule has 30 heavy (non-hydrogen) atoms. The van der Waals surface area contributed by atoms with Crippen molar-refractivity contribution in [1.29, 1.82) is 0 Å². The topological polar surface area (TPSA) is 82.3 Å². The van der Waals surface area contributed by atoms with Gasteiger partial charge in [-0.2, -0.15) is 0 Å². The minimum absolute atomic E-state index is 0.0774. The number of urea groups is 1. The molecule has 154 valence electrons. The minimum Gasteiger partial charge on any atom is -0.326 e. The van der Waals surface area contributed by atoms with Gasteiger partial charge in [-0.25, -0.2) is 4.79 Å². The molecule has 0 atom stereocenters. The Hall–Kier alpha value is -3.64. The number of nitrogens with one attached hydrogen (secondary N) is 4. The smallest absolute Gasteiger partial charge is 0.323 e.